The van der Waals surface area contributed by atoms with Crippen LogP contribution >= 0.6 is 23.2 Å². The third kappa shape index (κ3) is 10.3. The Bertz CT molecular complexity index is 1980. The molecule has 0 saturated carbocycles. The van der Waals surface area contributed by atoms with Crippen molar-refractivity contribution >= 4 is 60.9 Å². The fourth-order valence-corrected chi connectivity index (χ4v) is 5.62. The lowest BCUT2D eigenvalue weighted by Gasteiger charge is -2.19. The van der Waals surface area contributed by atoms with Gasteiger partial charge in [-0.1, -0.05) is 23.2 Å². The second-order valence-electron chi connectivity index (χ2n) is 9.33. The molecule has 0 spiro atoms. The van der Waals surface area contributed by atoms with Gasteiger partial charge in [0.15, 0.2) is 22.7 Å². The number of methoxy groups -OCH3 is 2. The summed E-state index contributed by atoms with van der Waals surface area (Å²) in [4.78, 5) is 9.51. The first-order valence-corrected chi connectivity index (χ1v) is 16.1. The minimum atomic E-state index is -4.99. The Labute approximate surface area is 278 Å². The highest BCUT2D eigenvalue weighted by atomic mass is 35.5. The lowest BCUT2D eigenvalue weighted by atomic mass is 10.5. The molecule has 0 radical (unpaired) electrons. The number of aromatic nitrogens is 6. The standard InChI is InChI=1S/C10H9ClF3N5O2S.C7H4ClF3N4O2S.C5H13NO2/c1-18(2)5-15-22(20,21)9-8(10(12,13)14)16-7-4-3-6(11)17-19(7)9;8-3-1-2-4-13-5(7(9,10)11)6(15(4)14-3)18(12,16)17;1-6(2)5(7-3)8-4/h3-5H,1-2H3;1-2H,(H2,12,16,17);5H,1-4H3. The predicted octanol–water partition coefficient (Wildman–Crippen LogP) is 2.85. The van der Waals surface area contributed by atoms with E-state index in [-0.39, 0.29) is 28.0 Å². The van der Waals surface area contributed by atoms with E-state index in [0.29, 0.717) is 9.03 Å². The molecular formula is C22H26Cl2F6N10O6S2. The van der Waals surface area contributed by atoms with Gasteiger partial charge in [0.25, 0.3) is 10.0 Å². The molecule has 268 valence electrons. The van der Waals surface area contributed by atoms with Gasteiger partial charge in [0.05, 0.1) is 0 Å². The summed E-state index contributed by atoms with van der Waals surface area (Å²) in [6, 6.07) is 4.60. The third-order valence-corrected chi connectivity index (χ3v) is 7.64. The summed E-state index contributed by atoms with van der Waals surface area (Å²) >= 11 is 11.1. The van der Waals surface area contributed by atoms with Crippen LogP contribution in [0.1, 0.15) is 11.4 Å². The van der Waals surface area contributed by atoms with Crippen molar-refractivity contribution in [3.8, 4) is 0 Å². The lowest BCUT2D eigenvalue weighted by Crippen LogP contribution is -2.30. The van der Waals surface area contributed by atoms with Gasteiger partial charge in [-0.2, -0.15) is 54.0 Å². The fourth-order valence-electron chi connectivity index (χ4n) is 3.36. The Morgan fingerprint density at radius 3 is 1.52 bits per heavy atom. The summed E-state index contributed by atoms with van der Waals surface area (Å²) in [5.74, 6) is 0. The number of primary sulfonamides is 1. The van der Waals surface area contributed by atoms with Crippen LogP contribution in [0.3, 0.4) is 0 Å². The van der Waals surface area contributed by atoms with Crippen molar-refractivity contribution in [2.75, 3.05) is 42.4 Å². The molecule has 26 heteroatoms. The number of sulfonamides is 2. The van der Waals surface area contributed by atoms with Crippen LogP contribution in [0, 0.1) is 0 Å². The molecule has 0 unspecified atom stereocenters. The SMILES string of the molecule is CN(C)C=NS(=O)(=O)c1c(C(F)(F)F)nc2ccc(Cl)nn12.COC(OC)N(C)C.NS(=O)(=O)c1c(C(F)(F)F)nc2ccc(Cl)nn12. The molecule has 0 fully saturated rings. The highest BCUT2D eigenvalue weighted by molar-refractivity contribution is 7.90. The number of hydrogen-bond donors (Lipinski definition) is 1. The summed E-state index contributed by atoms with van der Waals surface area (Å²) < 4.78 is 138. The Morgan fingerprint density at radius 1 is 0.812 bits per heavy atom. The molecule has 0 aromatic carbocycles. The first kappa shape index (κ1) is 40.8. The van der Waals surface area contributed by atoms with E-state index < -0.39 is 53.8 Å². The fraction of sp³-hybridized carbons (Fsp3) is 0.409. The van der Waals surface area contributed by atoms with Gasteiger partial charge in [0.1, 0.15) is 16.6 Å². The van der Waals surface area contributed by atoms with E-state index >= 15 is 0 Å². The van der Waals surface area contributed by atoms with Gasteiger partial charge in [0.2, 0.25) is 16.5 Å². The van der Waals surface area contributed by atoms with Crippen molar-refractivity contribution in [2.45, 2.75) is 28.8 Å². The number of nitrogens with two attached hydrogens (primary N) is 1. The van der Waals surface area contributed by atoms with Crippen LogP contribution in [0.4, 0.5) is 26.3 Å². The monoisotopic (exact) mass is 774 g/mol. The highest BCUT2D eigenvalue weighted by Crippen LogP contribution is 2.35. The van der Waals surface area contributed by atoms with Crippen LogP contribution in [0.15, 0.2) is 38.7 Å². The van der Waals surface area contributed by atoms with Gasteiger partial charge in [-0.05, 0) is 38.4 Å². The van der Waals surface area contributed by atoms with Gasteiger partial charge in [-0.3, -0.25) is 4.90 Å². The number of rotatable bonds is 7. The van der Waals surface area contributed by atoms with Gasteiger partial charge in [0, 0.05) is 28.3 Å². The van der Waals surface area contributed by atoms with Gasteiger partial charge in [-0.25, -0.2) is 23.5 Å². The highest BCUT2D eigenvalue weighted by Gasteiger charge is 2.43. The van der Waals surface area contributed by atoms with E-state index in [1.807, 2.05) is 19.0 Å². The van der Waals surface area contributed by atoms with Crippen LogP contribution in [0.2, 0.25) is 10.3 Å². The van der Waals surface area contributed by atoms with Gasteiger partial charge in [-0.15, -0.1) is 4.40 Å². The molecule has 0 saturated heterocycles. The molecule has 48 heavy (non-hydrogen) atoms. The Hall–Kier alpha value is -3.39. The second-order valence-corrected chi connectivity index (χ2v) is 13.1. The number of ether oxygens (including phenoxy) is 2. The largest absolute Gasteiger partial charge is 0.436 e. The number of nitrogens with zero attached hydrogens (tertiary/aromatic N) is 9. The molecule has 4 aromatic rings. The zero-order valence-electron chi connectivity index (χ0n) is 25.4. The van der Waals surface area contributed by atoms with Crippen molar-refractivity contribution in [1.82, 2.24) is 39.0 Å². The first-order valence-electron chi connectivity index (χ1n) is 12.3. The van der Waals surface area contributed by atoms with E-state index in [2.05, 4.69) is 24.6 Å². The molecule has 4 heterocycles. The number of alkyl halides is 6. The molecule has 4 rings (SSSR count). The maximum atomic E-state index is 13.1. The average Bonchev–Trinajstić information content (AvgIpc) is 3.52. The summed E-state index contributed by atoms with van der Waals surface area (Å²) in [6.45, 7) is 0. The Balaban J connectivity index is 0.000000277. The van der Waals surface area contributed by atoms with Gasteiger partial charge < -0.3 is 14.4 Å². The van der Waals surface area contributed by atoms with E-state index in [9.17, 15) is 43.2 Å². The van der Waals surface area contributed by atoms with E-state index in [1.54, 1.807) is 14.2 Å². The van der Waals surface area contributed by atoms with Crippen LogP contribution in [-0.2, 0) is 41.9 Å². The second kappa shape index (κ2) is 15.4. The normalized spacial score (nSPS) is 12.9. The molecule has 0 aliphatic carbocycles. The van der Waals surface area contributed by atoms with Crippen LogP contribution in [0.25, 0.3) is 11.3 Å². The third-order valence-electron chi connectivity index (χ3n) is 5.10. The molecule has 4 aromatic heterocycles. The Kier molecular flexibility index (Phi) is 13.1. The van der Waals surface area contributed by atoms with Crippen LogP contribution < -0.4 is 5.14 Å². The maximum Gasteiger partial charge on any atom is 0.436 e. The van der Waals surface area contributed by atoms with Crippen molar-refractivity contribution in [1.29, 1.82) is 0 Å². The number of imidazole rings is 2. The van der Waals surface area contributed by atoms with E-state index in [1.165, 1.54) is 31.1 Å². The predicted molar refractivity (Wildman–Crippen MR) is 158 cm³/mol. The summed E-state index contributed by atoms with van der Waals surface area (Å²) in [5.41, 5.74) is -3.86. The number of hydrogen-bond acceptors (Lipinski definition) is 11. The maximum absolute atomic E-state index is 13.1. The van der Waals surface area contributed by atoms with E-state index in [4.69, 9.17) is 37.8 Å². The zero-order valence-corrected chi connectivity index (χ0v) is 28.5. The summed E-state index contributed by atoms with van der Waals surface area (Å²) in [5, 5.41) is 8.92. The molecule has 0 aliphatic rings. The smallest absolute Gasteiger partial charge is 0.368 e. The minimum Gasteiger partial charge on any atom is -0.368 e. The molecular weight excluding hydrogens is 749 g/mol. The first-order chi connectivity index (χ1) is 21.8. The molecule has 0 bridgehead atoms. The average molecular weight is 776 g/mol. The summed E-state index contributed by atoms with van der Waals surface area (Å²) in [6.07, 6.45) is -9.31. The number of fused-ring (bicyclic) bond motifs is 2. The quantitative estimate of drug-likeness (QED) is 0.125. The minimum absolute atomic E-state index is 0.188. The molecule has 16 nitrogen and oxygen atoms in total. The van der Waals surface area contributed by atoms with Crippen LogP contribution in [0.5, 0.6) is 0 Å². The molecule has 0 amide bonds. The van der Waals surface area contributed by atoms with Crippen LogP contribution in [-0.4, -0.2) is 111 Å². The Morgan fingerprint density at radius 2 is 1.21 bits per heavy atom. The van der Waals surface area contributed by atoms with Crippen molar-refractivity contribution in [2.24, 2.45) is 9.54 Å². The van der Waals surface area contributed by atoms with Gasteiger partial charge >= 0.3 is 22.4 Å². The number of halogens is 8. The van der Waals surface area contributed by atoms with Crippen molar-refractivity contribution in [3.05, 3.63) is 46.0 Å². The molecule has 0 aliphatic heterocycles. The topological polar surface area (TPSA) is 192 Å². The summed E-state index contributed by atoms with van der Waals surface area (Å²) in [7, 11) is 0.576. The van der Waals surface area contributed by atoms with Crippen molar-refractivity contribution in [3.63, 3.8) is 0 Å². The zero-order chi connectivity index (χ0) is 37.0. The lowest BCUT2D eigenvalue weighted by molar-refractivity contribution is -0.179. The molecule has 0 atom stereocenters. The van der Waals surface area contributed by atoms with E-state index in [0.717, 1.165) is 18.5 Å². The molecule has 2 N–H and O–H groups in total. The van der Waals surface area contributed by atoms with Crippen molar-refractivity contribution < 1.29 is 52.7 Å².